The largest absolute Gasteiger partial charge is 0.455 e. The average Bonchev–Trinajstić information content (AvgIpc) is 3.62. The van der Waals surface area contributed by atoms with Gasteiger partial charge in [-0.1, -0.05) is 158 Å². The van der Waals surface area contributed by atoms with E-state index in [4.69, 9.17) is 4.42 Å². The van der Waals surface area contributed by atoms with Gasteiger partial charge < -0.3 is 9.32 Å². The molecule has 54 heavy (non-hydrogen) atoms. The molecule has 0 amide bonds. The number of nitrogens with zero attached hydrogens (tertiary/aromatic N) is 1. The summed E-state index contributed by atoms with van der Waals surface area (Å²) < 4.78 is 6.76. The smallest absolute Gasteiger partial charge is 0.143 e. The zero-order valence-corrected chi connectivity index (χ0v) is 29.4. The Labute approximate surface area is 312 Å². The van der Waals surface area contributed by atoms with Gasteiger partial charge in [0.1, 0.15) is 11.2 Å². The van der Waals surface area contributed by atoms with Gasteiger partial charge in [0, 0.05) is 38.9 Å². The quantitative estimate of drug-likeness (QED) is 0.168. The highest BCUT2D eigenvalue weighted by atomic mass is 16.3. The molecule has 0 aliphatic rings. The van der Waals surface area contributed by atoms with Crippen molar-refractivity contribution in [1.29, 1.82) is 0 Å². The Kier molecular flexibility index (Phi) is 6.90. The lowest BCUT2D eigenvalue weighted by Crippen LogP contribution is -2.11. The van der Waals surface area contributed by atoms with Crippen molar-refractivity contribution in [2.24, 2.45) is 0 Å². The fourth-order valence-corrected chi connectivity index (χ4v) is 8.57. The first kappa shape index (κ1) is 30.5. The first-order valence-corrected chi connectivity index (χ1v) is 18.5. The topological polar surface area (TPSA) is 16.4 Å². The third kappa shape index (κ3) is 4.74. The summed E-state index contributed by atoms with van der Waals surface area (Å²) in [6, 6.07) is 72.3. The van der Waals surface area contributed by atoms with Crippen LogP contribution in [0.25, 0.3) is 87.3 Å². The summed E-state index contributed by atoms with van der Waals surface area (Å²) in [5.41, 5.74) is 9.79. The standard InChI is InChI=1S/C52H33NO/c1-2-14-34(15-3-1)39-19-10-11-26-49(39)53(37-29-31-46-47-30-28-35-16-4-7-20-40(35)52(47)54-51(46)33-37)50-27-13-24-42-44(23-12-25-45(42)50)48-32-36-17-5-6-18-38(36)41-21-8-9-22-43(41)48/h1-33H. The van der Waals surface area contributed by atoms with Gasteiger partial charge in [0.15, 0.2) is 0 Å². The molecule has 252 valence electrons. The van der Waals surface area contributed by atoms with Gasteiger partial charge in [-0.3, -0.25) is 0 Å². The number of rotatable bonds is 5. The maximum atomic E-state index is 6.76. The second-order valence-electron chi connectivity index (χ2n) is 14.0. The summed E-state index contributed by atoms with van der Waals surface area (Å²) in [5, 5.41) is 11.9. The first-order valence-electron chi connectivity index (χ1n) is 18.5. The molecule has 0 atom stereocenters. The number of anilines is 3. The van der Waals surface area contributed by atoms with Crippen LogP contribution in [0.1, 0.15) is 0 Å². The van der Waals surface area contributed by atoms with Crippen molar-refractivity contribution in [1.82, 2.24) is 0 Å². The van der Waals surface area contributed by atoms with Gasteiger partial charge in [-0.2, -0.15) is 0 Å². The monoisotopic (exact) mass is 687 g/mol. The molecule has 0 unspecified atom stereocenters. The fraction of sp³-hybridized carbons (Fsp3) is 0. The lowest BCUT2D eigenvalue weighted by molar-refractivity contribution is 0.673. The minimum atomic E-state index is 0.865. The molecule has 0 bridgehead atoms. The van der Waals surface area contributed by atoms with E-state index in [9.17, 15) is 0 Å². The van der Waals surface area contributed by atoms with Crippen LogP contribution in [0.2, 0.25) is 0 Å². The fourth-order valence-electron chi connectivity index (χ4n) is 8.57. The molecule has 11 aromatic rings. The summed E-state index contributed by atoms with van der Waals surface area (Å²) in [7, 11) is 0. The van der Waals surface area contributed by atoms with Crippen molar-refractivity contribution in [2.75, 3.05) is 4.90 Å². The van der Waals surface area contributed by atoms with Gasteiger partial charge in [0.25, 0.3) is 0 Å². The molecule has 10 aromatic carbocycles. The number of benzene rings is 10. The van der Waals surface area contributed by atoms with Gasteiger partial charge in [0.2, 0.25) is 0 Å². The predicted octanol–water partition coefficient (Wildman–Crippen LogP) is 15.0. The Morgan fingerprint density at radius 1 is 0.315 bits per heavy atom. The number of fused-ring (bicyclic) bond motifs is 9. The van der Waals surface area contributed by atoms with Crippen molar-refractivity contribution in [3.05, 3.63) is 200 Å². The second kappa shape index (κ2) is 12.2. The molecule has 2 heteroatoms. The normalized spacial score (nSPS) is 11.7. The Morgan fingerprint density at radius 2 is 0.926 bits per heavy atom. The molecule has 0 aliphatic heterocycles. The molecule has 0 spiro atoms. The second-order valence-corrected chi connectivity index (χ2v) is 14.0. The maximum absolute atomic E-state index is 6.76. The van der Waals surface area contributed by atoms with Crippen molar-refractivity contribution in [3.63, 3.8) is 0 Å². The van der Waals surface area contributed by atoms with Crippen molar-refractivity contribution in [2.45, 2.75) is 0 Å². The summed E-state index contributed by atoms with van der Waals surface area (Å²) in [6.07, 6.45) is 0. The molecular formula is C52H33NO. The lowest BCUT2D eigenvalue weighted by atomic mass is 9.90. The summed E-state index contributed by atoms with van der Waals surface area (Å²) in [5.74, 6) is 0. The highest BCUT2D eigenvalue weighted by Crippen LogP contribution is 2.47. The Balaban J connectivity index is 1.18. The average molecular weight is 688 g/mol. The van der Waals surface area contributed by atoms with Gasteiger partial charge in [0.05, 0.1) is 11.4 Å². The number of furan rings is 1. The van der Waals surface area contributed by atoms with Crippen molar-refractivity contribution < 1.29 is 4.42 Å². The van der Waals surface area contributed by atoms with E-state index in [2.05, 4.69) is 205 Å². The minimum Gasteiger partial charge on any atom is -0.455 e. The van der Waals surface area contributed by atoms with E-state index in [1.165, 1.54) is 48.8 Å². The first-order chi connectivity index (χ1) is 26.8. The summed E-state index contributed by atoms with van der Waals surface area (Å²) >= 11 is 0. The van der Waals surface area contributed by atoms with E-state index in [-0.39, 0.29) is 0 Å². The molecule has 0 saturated carbocycles. The predicted molar refractivity (Wildman–Crippen MR) is 229 cm³/mol. The highest BCUT2D eigenvalue weighted by molar-refractivity contribution is 6.18. The zero-order chi connectivity index (χ0) is 35.6. The minimum absolute atomic E-state index is 0.865. The van der Waals surface area contributed by atoms with Crippen LogP contribution in [0.3, 0.4) is 0 Å². The van der Waals surface area contributed by atoms with Crippen molar-refractivity contribution in [3.8, 4) is 22.3 Å². The highest BCUT2D eigenvalue weighted by Gasteiger charge is 2.22. The Bertz CT molecular complexity index is 3230. The molecule has 1 heterocycles. The van der Waals surface area contributed by atoms with Crippen LogP contribution < -0.4 is 4.90 Å². The molecule has 0 saturated heterocycles. The third-order valence-electron chi connectivity index (χ3n) is 11.0. The Hall–Kier alpha value is -7.16. The SMILES string of the molecule is c1ccc(-c2ccccc2N(c2ccc3c(c2)oc2c4ccccc4ccc32)c2cccc3c(-c4cc5ccccc5c5ccccc45)cccc23)cc1. The van der Waals surface area contributed by atoms with Gasteiger partial charge in [-0.15, -0.1) is 0 Å². The van der Waals surface area contributed by atoms with Crippen LogP contribution in [0.5, 0.6) is 0 Å². The van der Waals surface area contributed by atoms with Crippen LogP contribution in [0.4, 0.5) is 17.1 Å². The lowest BCUT2D eigenvalue weighted by Gasteiger charge is -2.29. The van der Waals surface area contributed by atoms with Crippen molar-refractivity contribution >= 4 is 82.1 Å². The van der Waals surface area contributed by atoms with E-state index < -0.39 is 0 Å². The molecule has 0 fully saturated rings. The molecule has 0 N–H and O–H groups in total. The molecule has 0 radical (unpaired) electrons. The number of hydrogen-bond acceptors (Lipinski definition) is 2. The van der Waals surface area contributed by atoms with Gasteiger partial charge >= 0.3 is 0 Å². The van der Waals surface area contributed by atoms with Crippen LogP contribution >= 0.6 is 0 Å². The summed E-state index contributed by atoms with van der Waals surface area (Å²) in [4.78, 5) is 2.41. The molecule has 11 rings (SSSR count). The van der Waals surface area contributed by atoms with Crippen LogP contribution in [-0.2, 0) is 0 Å². The van der Waals surface area contributed by atoms with E-state index in [1.54, 1.807) is 0 Å². The van der Waals surface area contributed by atoms with E-state index in [0.717, 1.165) is 55.5 Å². The van der Waals surface area contributed by atoms with Crippen LogP contribution in [0, 0.1) is 0 Å². The number of hydrogen-bond donors (Lipinski definition) is 0. The van der Waals surface area contributed by atoms with E-state index in [1.807, 2.05) is 0 Å². The molecule has 1 aromatic heterocycles. The zero-order valence-electron chi connectivity index (χ0n) is 29.4. The van der Waals surface area contributed by atoms with Crippen LogP contribution in [-0.4, -0.2) is 0 Å². The Morgan fingerprint density at radius 3 is 1.81 bits per heavy atom. The van der Waals surface area contributed by atoms with E-state index >= 15 is 0 Å². The summed E-state index contributed by atoms with van der Waals surface area (Å²) in [6.45, 7) is 0. The van der Waals surface area contributed by atoms with Crippen LogP contribution in [0.15, 0.2) is 205 Å². The third-order valence-corrected chi connectivity index (χ3v) is 11.0. The van der Waals surface area contributed by atoms with Gasteiger partial charge in [-0.25, -0.2) is 0 Å². The number of para-hydroxylation sites is 1. The molecule has 2 nitrogen and oxygen atoms in total. The molecular weight excluding hydrogens is 655 g/mol. The van der Waals surface area contributed by atoms with E-state index in [0.29, 0.717) is 0 Å². The maximum Gasteiger partial charge on any atom is 0.143 e. The van der Waals surface area contributed by atoms with Gasteiger partial charge in [-0.05, 0) is 85.4 Å². The molecule has 0 aliphatic carbocycles.